The first-order valence-electron chi connectivity index (χ1n) is 11.4. The van der Waals surface area contributed by atoms with Gasteiger partial charge in [-0.1, -0.05) is 78.6 Å². The lowest BCUT2D eigenvalue weighted by atomic mass is 9.79. The summed E-state index contributed by atoms with van der Waals surface area (Å²) >= 11 is 0. The van der Waals surface area contributed by atoms with Gasteiger partial charge in [-0.3, -0.25) is 9.59 Å². The predicted molar refractivity (Wildman–Crippen MR) is 110 cm³/mol. The van der Waals surface area contributed by atoms with Crippen LogP contribution in [0.3, 0.4) is 0 Å². The summed E-state index contributed by atoms with van der Waals surface area (Å²) in [6, 6.07) is 0. The maximum Gasteiger partial charge on any atom is 0.310 e. The molecule has 0 aromatic carbocycles. The fourth-order valence-corrected chi connectivity index (χ4v) is 4.18. The van der Waals surface area contributed by atoms with Crippen LogP contribution < -0.4 is 0 Å². The molecule has 1 rings (SSSR count). The molecule has 3 unspecified atom stereocenters. The van der Waals surface area contributed by atoms with Crippen molar-refractivity contribution < 1.29 is 19.4 Å². The summed E-state index contributed by atoms with van der Waals surface area (Å²) < 4.78 is 5.78. The molecule has 0 radical (unpaired) electrons. The van der Waals surface area contributed by atoms with Gasteiger partial charge in [0.15, 0.2) is 0 Å². The first kappa shape index (κ1) is 24.0. The van der Waals surface area contributed by atoms with E-state index in [0.717, 1.165) is 44.4 Å². The van der Waals surface area contributed by atoms with Crippen molar-refractivity contribution in [3.05, 3.63) is 0 Å². The second-order valence-electron chi connectivity index (χ2n) is 8.78. The summed E-state index contributed by atoms with van der Waals surface area (Å²) in [4.78, 5) is 24.0. The normalized spacial score (nSPS) is 21.2. The highest BCUT2D eigenvalue weighted by Crippen LogP contribution is 2.32. The molecule has 0 amide bonds. The van der Waals surface area contributed by atoms with E-state index in [1.165, 1.54) is 38.5 Å². The average Bonchev–Trinajstić information content (AvgIpc) is 2.63. The molecule has 0 aliphatic heterocycles. The van der Waals surface area contributed by atoms with E-state index >= 15 is 0 Å². The second-order valence-corrected chi connectivity index (χ2v) is 8.78. The van der Waals surface area contributed by atoms with Gasteiger partial charge in [0.2, 0.25) is 0 Å². The minimum atomic E-state index is -0.846. The van der Waals surface area contributed by atoms with E-state index in [-0.39, 0.29) is 12.1 Å². The van der Waals surface area contributed by atoms with Gasteiger partial charge < -0.3 is 9.84 Å². The smallest absolute Gasteiger partial charge is 0.310 e. The van der Waals surface area contributed by atoms with Crippen molar-refractivity contribution in [2.24, 2.45) is 17.8 Å². The maximum absolute atomic E-state index is 12.6. The van der Waals surface area contributed by atoms with E-state index < -0.39 is 17.8 Å². The van der Waals surface area contributed by atoms with Gasteiger partial charge in [-0.2, -0.15) is 0 Å². The van der Waals surface area contributed by atoms with E-state index in [2.05, 4.69) is 20.8 Å². The van der Waals surface area contributed by atoms with Crippen LogP contribution in [0.5, 0.6) is 0 Å². The third kappa shape index (κ3) is 10.2. The number of carbonyl (C=O) groups excluding carboxylic acids is 1. The number of esters is 1. The Kier molecular flexibility index (Phi) is 12.4. The Hall–Kier alpha value is -1.06. The molecule has 3 atom stereocenters. The number of carboxylic acid groups (broad SMARTS) is 1. The molecule has 158 valence electrons. The van der Waals surface area contributed by atoms with Crippen LogP contribution in [-0.4, -0.2) is 23.1 Å². The molecule has 1 aliphatic carbocycles. The molecule has 1 saturated carbocycles. The fourth-order valence-electron chi connectivity index (χ4n) is 4.18. The summed E-state index contributed by atoms with van der Waals surface area (Å²) in [5.41, 5.74) is 0. The number of hydrogen-bond acceptors (Lipinski definition) is 3. The molecule has 27 heavy (non-hydrogen) atoms. The molecule has 1 N–H and O–H groups in total. The lowest BCUT2D eigenvalue weighted by molar-refractivity contribution is -0.164. The van der Waals surface area contributed by atoms with Crippen LogP contribution in [0.25, 0.3) is 0 Å². The van der Waals surface area contributed by atoms with Crippen molar-refractivity contribution in [3.8, 4) is 0 Å². The van der Waals surface area contributed by atoms with Crippen LogP contribution in [0.2, 0.25) is 0 Å². The van der Waals surface area contributed by atoms with Crippen molar-refractivity contribution in [1.82, 2.24) is 0 Å². The number of rotatable bonds is 14. The molecule has 0 bridgehead atoms. The SMILES string of the molecule is CCCC(CCCCCCCCC(C)C)OC(=O)C1CCCCC1C(=O)O. The summed E-state index contributed by atoms with van der Waals surface area (Å²) in [5.74, 6) is -1.31. The molecule has 0 aromatic rings. The van der Waals surface area contributed by atoms with Gasteiger partial charge in [0.1, 0.15) is 6.10 Å². The zero-order valence-electron chi connectivity index (χ0n) is 17.9. The van der Waals surface area contributed by atoms with Gasteiger partial charge in [-0.25, -0.2) is 0 Å². The minimum absolute atomic E-state index is 0.0418. The van der Waals surface area contributed by atoms with Crippen LogP contribution in [-0.2, 0) is 14.3 Å². The molecule has 0 saturated heterocycles. The predicted octanol–water partition coefficient (Wildman–Crippen LogP) is 6.37. The van der Waals surface area contributed by atoms with Gasteiger partial charge in [-0.05, 0) is 38.0 Å². The zero-order valence-corrected chi connectivity index (χ0v) is 17.9. The van der Waals surface area contributed by atoms with E-state index in [1.807, 2.05) is 0 Å². The summed E-state index contributed by atoms with van der Waals surface area (Å²) in [5, 5.41) is 9.38. The van der Waals surface area contributed by atoms with Gasteiger partial charge in [0.25, 0.3) is 0 Å². The number of ether oxygens (including phenoxy) is 1. The first-order chi connectivity index (χ1) is 13.0. The van der Waals surface area contributed by atoms with Gasteiger partial charge in [0, 0.05) is 0 Å². The fraction of sp³-hybridized carbons (Fsp3) is 0.913. The average molecular weight is 383 g/mol. The van der Waals surface area contributed by atoms with E-state index in [0.29, 0.717) is 12.8 Å². The standard InChI is InChI=1S/C23H42O4/c1-4-13-19(15-10-8-6-5-7-9-14-18(2)3)27-23(26)21-17-12-11-16-20(21)22(24)25/h18-21H,4-17H2,1-3H3,(H,24,25). The zero-order chi connectivity index (χ0) is 20.1. The Morgan fingerprint density at radius 3 is 2.00 bits per heavy atom. The number of aliphatic carboxylic acids is 1. The summed E-state index contributed by atoms with van der Waals surface area (Å²) in [6.45, 7) is 6.67. The molecule has 1 fully saturated rings. The molecule has 0 aromatic heterocycles. The molecule has 0 spiro atoms. The first-order valence-corrected chi connectivity index (χ1v) is 11.4. The van der Waals surface area contributed by atoms with Crippen molar-refractivity contribution in [2.75, 3.05) is 0 Å². The minimum Gasteiger partial charge on any atom is -0.481 e. The largest absolute Gasteiger partial charge is 0.481 e. The number of carbonyl (C=O) groups is 2. The van der Waals surface area contributed by atoms with Crippen LogP contribution in [0.4, 0.5) is 0 Å². The van der Waals surface area contributed by atoms with Gasteiger partial charge in [0.05, 0.1) is 11.8 Å². The highest BCUT2D eigenvalue weighted by Gasteiger charge is 2.37. The van der Waals surface area contributed by atoms with Crippen LogP contribution >= 0.6 is 0 Å². The van der Waals surface area contributed by atoms with Crippen molar-refractivity contribution >= 4 is 11.9 Å². The van der Waals surface area contributed by atoms with Crippen molar-refractivity contribution in [2.45, 2.75) is 117 Å². The third-order valence-electron chi connectivity index (χ3n) is 5.84. The Balaban J connectivity index is 2.29. The summed E-state index contributed by atoms with van der Waals surface area (Å²) in [7, 11) is 0. The Labute approximate surface area is 166 Å². The number of hydrogen-bond donors (Lipinski definition) is 1. The Morgan fingerprint density at radius 2 is 1.44 bits per heavy atom. The number of carboxylic acids is 1. The summed E-state index contributed by atoms with van der Waals surface area (Å²) in [6.07, 6.45) is 14.7. The van der Waals surface area contributed by atoms with Crippen LogP contribution in [0, 0.1) is 17.8 Å². The highest BCUT2D eigenvalue weighted by atomic mass is 16.5. The topological polar surface area (TPSA) is 63.6 Å². The van der Waals surface area contributed by atoms with Gasteiger partial charge in [-0.15, -0.1) is 0 Å². The van der Waals surface area contributed by atoms with Gasteiger partial charge >= 0.3 is 11.9 Å². The van der Waals surface area contributed by atoms with Crippen LogP contribution in [0.1, 0.15) is 111 Å². The molecule has 1 aliphatic rings. The van der Waals surface area contributed by atoms with Crippen molar-refractivity contribution in [3.63, 3.8) is 0 Å². The monoisotopic (exact) mass is 382 g/mol. The Bertz CT molecular complexity index is 419. The van der Waals surface area contributed by atoms with E-state index in [1.54, 1.807) is 0 Å². The molecule has 4 nitrogen and oxygen atoms in total. The molecule has 4 heteroatoms. The molecular formula is C23H42O4. The van der Waals surface area contributed by atoms with Crippen molar-refractivity contribution in [1.29, 1.82) is 0 Å². The quantitative estimate of drug-likeness (QED) is 0.280. The maximum atomic E-state index is 12.6. The number of unbranched alkanes of at least 4 members (excludes halogenated alkanes) is 5. The third-order valence-corrected chi connectivity index (χ3v) is 5.84. The second kappa shape index (κ2) is 14.0. The van der Waals surface area contributed by atoms with Crippen LogP contribution in [0.15, 0.2) is 0 Å². The van der Waals surface area contributed by atoms with E-state index in [9.17, 15) is 14.7 Å². The highest BCUT2D eigenvalue weighted by molar-refractivity contribution is 5.81. The lowest BCUT2D eigenvalue weighted by Crippen LogP contribution is -2.35. The Morgan fingerprint density at radius 1 is 0.889 bits per heavy atom. The molecule has 0 heterocycles. The lowest BCUT2D eigenvalue weighted by Gasteiger charge is -2.28. The van der Waals surface area contributed by atoms with E-state index in [4.69, 9.17) is 4.74 Å². The molecular weight excluding hydrogens is 340 g/mol.